The molecule has 2 aromatic carbocycles. The van der Waals surface area contributed by atoms with Crippen LogP contribution in [0.2, 0.25) is 0 Å². The standard InChI is InChI=1S/C25H25F5O/c1-2-3-4-15-5-9-20-17(11-15)6-7-18-12-16(8-10-21(18)20)19-13-22(26)24(23(27)14-19)31-25(28,29)30/h3-4,6-7,13-16H,2,5,8-12H2,1H3. The Morgan fingerprint density at radius 3 is 2.19 bits per heavy atom. The summed E-state index contributed by atoms with van der Waals surface area (Å²) in [5.41, 5.74) is 5.71. The molecule has 1 nitrogen and oxygen atoms in total. The lowest BCUT2D eigenvalue weighted by Crippen LogP contribution is -2.21. The van der Waals surface area contributed by atoms with E-state index in [1.54, 1.807) is 0 Å². The van der Waals surface area contributed by atoms with Crippen molar-refractivity contribution in [2.45, 2.75) is 64.1 Å². The second-order valence-electron chi connectivity index (χ2n) is 8.48. The van der Waals surface area contributed by atoms with Gasteiger partial charge in [0.05, 0.1) is 0 Å². The Bertz CT molecular complexity index is 969. The van der Waals surface area contributed by atoms with Crippen molar-refractivity contribution in [3.05, 3.63) is 75.9 Å². The van der Waals surface area contributed by atoms with E-state index in [0.717, 1.165) is 44.2 Å². The molecule has 2 unspecified atom stereocenters. The highest BCUT2D eigenvalue weighted by Crippen LogP contribution is 2.40. The fraction of sp³-hybridized carbons (Fsp3) is 0.440. The quantitative estimate of drug-likeness (QED) is 0.364. The third kappa shape index (κ3) is 4.78. The Balaban J connectivity index is 1.55. The fourth-order valence-corrected chi connectivity index (χ4v) is 5.00. The summed E-state index contributed by atoms with van der Waals surface area (Å²) < 4.78 is 69.0. The molecule has 4 rings (SSSR count). The number of benzene rings is 2. The van der Waals surface area contributed by atoms with E-state index in [1.807, 2.05) is 0 Å². The monoisotopic (exact) mass is 436 g/mol. The van der Waals surface area contributed by atoms with Crippen LogP contribution in [0.1, 0.15) is 59.9 Å². The molecular formula is C25H25F5O. The SMILES string of the molecule is CCC=CC1CCc2c(ccc3c2CCC(c2cc(F)c(OC(F)(F)F)c(F)c2)C3)C1. The Morgan fingerprint density at radius 2 is 1.58 bits per heavy atom. The molecule has 0 fully saturated rings. The van der Waals surface area contributed by atoms with Gasteiger partial charge in [0.1, 0.15) is 0 Å². The summed E-state index contributed by atoms with van der Waals surface area (Å²) in [5.74, 6) is -3.61. The normalized spacial score (nSPS) is 21.1. The molecule has 0 aliphatic heterocycles. The molecule has 0 aromatic heterocycles. The first kappa shape index (κ1) is 21.8. The van der Waals surface area contributed by atoms with E-state index in [4.69, 9.17) is 0 Å². The lowest BCUT2D eigenvalue weighted by molar-refractivity contribution is -0.276. The number of alkyl halides is 3. The van der Waals surface area contributed by atoms with Gasteiger partial charge in [-0.1, -0.05) is 31.2 Å². The molecule has 166 valence electrons. The van der Waals surface area contributed by atoms with E-state index in [9.17, 15) is 22.0 Å². The molecule has 0 amide bonds. The molecule has 2 aromatic rings. The maximum absolute atomic E-state index is 14.2. The zero-order valence-corrected chi connectivity index (χ0v) is 17.4. The molecule has 6 heteroatoms. The largest absolute Gasteiger partial charge is 0.573 e. The van der Waals surface area contributed by atoms with Gasteiger partial charge in [-0.15, -0.1) is 13.2 Å². The molecule has 0 saturated carbocycles. The minimum atomic E-state index is -5.14. The van der Waals surface area contributed by atoms with Gasteiger partial charge < -0.3 is 4.74 Å². The average molecular weight is 436 g/mol. The Morgan fingerprint density at radius 1 is 0.968 bits per heavy atom. The van der Waals surface area contributed by atoms with Crippen LogP contribution in [0.5, 0.6) is 5.75 Å². The molecule has 0 bridgehead atoms. The molecule has 2 atom stereocenters. The minimum Gasteiger partial charge on any atom is -0.399 e. The molecule has 0 N–H and O–H groups in total. The first-order valence-electron chi connectivity index (χ1n) is 10.8. The van der Waals surface area contributed by atoms with Gasteiger partial charge in [-0.3, -0.25) is 0 Å². The zero-order valence-electron chi connectivity index (χ0n) is 17.4. The number of ether oxygens (including phenoxy) is 1. The topological polar surface area (TPSA) is 9.23 Å². The molecule has 0 heterocycles. The summed E-state index contributed by atoms with van der Waals surface area (Å²) in [4.78, 5) is 0. The Hall–Kier alpha value is -2.37. The van der Waals surface area contributed by atoms with Crippen LogP contribution in [-0.4, -0.2) is 6.36 Å². The Kier molecular flexibility index (Phi) is 6.09. The molecule has 31 heavy (non-hydrogen) atoms. The van der Waals surface area contributed by atoms with Gasteiger partial charge in [0.2, 0.25) is 5.75 Å². The van der Waals surface area contributed by atoms with Crippen molar-refractivity contribution in [3.63, 3.8) is 0 Å². The van der Waals surface area contributed by atoms with Gasteiger partial charge >= 0.3 is 6.36 Å². The summed E-state index contributed by atoms with van der Waals surface area (Å²) in [5, 5.41) is 0. The van der Waals surface area contributed by atoms with Crippen molar-refractivity contribution in [1.82, 2.24) is 0 Å². The molecule has 0 saturated heterocycles. The molecule has 2 aliphatic rings. The van der Waals surface area contributed by atoms with Crippen molar-refractivity contribution >= 4 is 0 Å². The van der Waals surface area contributed by atoms with Crippen molar-refractivity contribution in [3.8, 4) is 5.75 Å². The van der Waals surface area contributed by atoms with Crippen molar-refractivity contribution < 1.29 is 26.7 Å². The van der Waals surface area contributed by atoms with E-state index in [0.29, 0.717) is 24.3 Å². The predicted molar refractivity (Wildman–Crippen MR) is 109 cm³/mol. The maximum atomic E-state index is 14.2. The molecule has 2 aliphatic carbocycles. The lowest BCUT2D eigenvalue weighted by Gasteiger charge is -2.31. The number of halogens is 5. The molecular weight excluding hydrogens is 411 g/mol. The second kappa shape index (κ2) is 8.64. The number of allylic oxidation sites excluding steroid dienone is 2. The van der Waals surface area contributed by atoms with Gasteiger partial charge in [0.15, 0.2) is 11.6 Å². The smallest absolute Gasteiger partial charge is 0.399 e. The van der Waals surface area contributed by atoms with E-state index in [1.165, 1.54) is 22.3 Å². The van der Waals surface area contributed by atoms with Crippen molar-refractivity contribution in [2.24, 2.45) is 5.92 Å². The molecule has 0 radical (unpaired) electrons. The lowest BCUT2D eigenvalue weighted by atomic mass is 9.74. The highest BCUT2D eigenvalue weighted by atomic mass is 19.4. The van der Waals surface area contributed by atoms with Crippen LogP contribution in [0, 0.1) is 17.6 Å². The average Bonchev–Trinajstić information content (AvgIpc) is 2.73. The highest BCUT2D eigenvalue weighted by Gasteiger charge is 2.35. The fourth-order valence-electron chi connectivity index (χ4n) is 5.00. The number of hydrogen-bond acceptors (Lipinski definition) is 1. The van der Waals surface area contributed by atoms with E-state index >= 15 is 0 Å². The van der Waals surface area contributed by atoms with Crippen LogP contribution in [0.4, 0.5) is 22.0 Å². The van der Waals surface area contributed by atoms with E-state index in [2.05, 4.69) is 35.9 Å². The van der Waals surface area contributed by atoms with Crippen LogP contribution in [0.15, 0.2) is 36.4 Å². The zero-order chi connectivity index (χ0) is 22.2. The summed E-state index contributed by atoms with van der Waals surface area (Å²) in [6.07, 6.45) is 5.78. The van der Waals surface area contributed by atoms with Gasteiger partial charge in [0.25, 0.3) is 0 Å². The van der Waals surface area contributed by atoms with Gasteiger partial charge in [0, 0.05) is 0 Å². The minimum absolute atomic E-state index is 0.140. The molecule has 0 spiro atoms. The predicted octanol–water partition coefficient (Wildman–Crippen LogP) is 7.21. The first-order chi connectivity index (χ1) is 14.7. The third-order valence-electron chi connectivity index (χ3n) is 6.44. The van der Waals surface area contributed by atoms with Crippen LogP contribution in [-0.2, 0) is 25.7 Å². The third-order valence-corrected chi connectivity index (χ3v) is 6.44. The van der Waals surface area contributed by atoms with E-state index in [-0.39, 0.29) is 5.92 Å². The number of fused-ring (bicyclic) bond motifs is 3. The van der Waals surface area contributed by atoms with Crippen molar-refractivity contribution in [1.29, 1.82) is 0 Å². The summed E-state index contributed by atoms with van der Waals surface area (Å²) >= 11 is 0. The van der Waals surface area contributed by atoms with Crippen LogP contribution in [0.25, 0.3) is 0 Å². The Labute approximate surface area is 178 Å². The van der Waals surface area contributed by atoms with Crippen molar-refractivity contribution in [2.75, 3.05) is 0 Å². The summed E-state index contributed by atoms with van der Waals surface area (Å²) in [6, 6.07) is 6.23. The highest BCUT2D eigenvalue weighted by molar-refractivity contribution is 5.46. The van der Waals surface area contributed by atoms with Gasteiger partial charge in [-0.2, -0.15) is 0 Å². The number of hydrogen-bond donors (Lipinski definition) is 0. The number of rotatable bonds is 4. The first-order valence-corrected chi connectivity index (χ1v) is 10.8. The van der Waals surface area contributed by atoms with Crippen LogP contribution in [0.3, 0.4) is 0 Å². The second-order valence-corrected chi connectivity index (χ2v) is 8.48. The van der Waals surface area contributed by atoms with E-state index < -0.39 is 23.7 Å². The van der Waals surface area contributed by atoms with Gasteiger partial charge in [-0.05, 0) is 96.7 Å². The van der Waals surface area contributed by atoms with Gasteiger partial charge in [-0.25, -0.2) is 8.78 Å². The maximum Gasteiger partial charge on any atom is 0.573 e. The summed E-state index contributed by atoms with van der Waals surface area (Å²) in [6.45, 7) is 2.13. The van der Waals surface area contributed by atoms with Crippen LogP contribution >= 0.6 is 0 Å². The summed E-state index contributed by atoms with van der Waals surface area (Å²) in [7, 11) is 0. The van der Waals surface area contributed by atoms with Crippen LogP contribution < -0.4 is 4.74 Å².